The molecule has 0 aliphatic carbocycles. The quantitative estimate of drug-likeness (QED) is 0.643. The standard InChI is InChI=1S/C11H15NO5/c1-11(2)16-9-7(14)8(15-10(9)17-11)6(13)4-3-5-12/h3-4,6-10,13-14H,1-2H3/b4-3+/t6-,7+,8-,9-,10-/m1/s1. The van der Waals surface area contributed by atoms with Crippen LogP contribution in [0.2, 0.25) is 0 Å². The molecule has 6 heteroatoms. The first-order valence-electron chi connectivity index (χ1n) is 5.38. The first-order chi connectivity index (χ1) is 7.94. The molecule has 0 bridgehead atoms. The third kappa shape index (κ3) is 2.34. The Morgan fingerprint density at radius 2 is 2.12 bits per heavy atom. The number of hydrogen-bond acceptors (Lipinski definition) is 6. The Morgan fingerprint density at radius 3 is 2.71 bits per heavy atom. The first-order valence-corrected chi connectivity index (χ1v) is 5.38. The molecule has 0 aromatic rings. The fourth-order valence-electron chi connectivity index (χ4n) is 2.05. The van der Waals surface area contributed by atoms with Crippen LogP contribution in [0.25, 0.3) is 0 Å². The first kappa shape index (κ1) is 12.5. The normalized spacial score (nSPS) is 41.4. The van der Waals surface area contributed by atoms with E-state index in [1.165, 1.54) is 6.08 Å². The highest BCUT2D eigenvalue weighted by molar-refractivity contribution is 5.09. The van der Waals surface area contributed by atoms with Crippen LogP contribution in [0.3, 0.4) is 0 Å². The topological polar surface area (TPSA) is 91.9 Å². The summed E-state index contributed by atoms with van der Waals surface area (Å²) < 4.78 is 16.3. The molecule has 2 N–H and O–H groups in total. The Labute approximate surface area is 99.0 Å². The van der Waals surface area contributed by atoms with E-state index in [-0.39, 0.29) is 0 Å². The molecule has 2 aliphatic rings. The molecule has 2 saturated heterocycles. The predicted molar refractivity (Wildman–Crippen MR) is 55.5 cm³/mol. The van der Waals surface area contributed by atoms with Crippen LogP contribution in [0.4, 0.5) is 0 Å². The van der Waals surface area contributed by atoms with Crippen LogP contribution in [-0.4, -0.2) is 46.7 Å². The lowest BCUT2D eigenvalue weighted by molar-refractivity contribution is -0.222. The summed E-state index contributed by atoms with van der Waals surface area (Å²) in [4.78, 5) is 0. The van der Waals surface area contributed by atoms with Crippen molar-refractivity contribution in [2.45, 2.75) is 50.3 Å². The van der Waals surface area contributed by atoms with Crippen molar-refractivity contribution in [1.82, 2.24) is 0 Å². The van der Waals surface area contributed by atoms with Crippen molar-refractivity contribution >= 4 is 0 Å². The van der Waals surface area contributed by atoms with Gasteiger partial charge >= 0.3 is 0 Å². The lowest BCUT2D eigenvalue weighted by Gasteiger charge is -2.24. The second-order valence-corrected chi connectivity index (χ2v) is 4.54. The molecular weight excluding hydrogens is 226 g/mol. The number of allylic oxidation sites excluding steroid dienone is 1. The van der Waals surface area contributed by atoms with Crippen LogP contribution in [0, 0.1) is 11.3 Å². The van der Waals surface area contributed by atoms with E-state index >= 15 is 0 Å². The Bertz CT molecular complexity index is 361. The van der Waals surface area contributed by atoms with E-state index in [0.29, 0.717) is 0 Å². The molecule has 0 radical (unpaired) electrons. The van der Waals surface area contributed by atoms with Gasteiger partial charge in [0.1, 0.15) is 24.4 Å². The Kier molecular flexibility index (Phi) is 3.21. The summed E-state index contributed by atoms with van der Waals surface area (Å²) in [6, 6.07) is 1.76. The Hall–Kier alpha value is -0.970. The van der Waals surface area contributed by atoms with E-state index in [4.69, 9.17) is 19.5 Å². The molecule has 0 spiro atoms. The Balaban J connectivity index is 2.03. The van der Waals surface area contributed by atoms with Gasteiger partial charge in [0.25, 0.3) is 0 Å². The van der Waals surface area contributed by atoms with Gasteiger partial charge < -0.3 is 24.4 Å². The monoisotopic (exact) mass is 241 g/mol. The van der Waals surface area contributed by atoms with E-state index in [1.54, 1.807) is 19.9 Å². The van der Waals surface area contributed by atoms with Crippen molar-refractivity contribution in [2.24, 2.45) is 0 Å². The number of ether oxygens (including phenoxy) is 3. The van der Waals surface area contributed by atoms with Crippen molar-refractivity contribution in [1.29, 1.82) is 5.26 Å². The second-order valence-electron chi connectivity index (χ2n) is 4.54. The highest BCUT2D eigenvalue weighted by Gasteiger charge is 2.55. The maximum absolute atomic E-state index is 9.95. The van der Waals surface area contributed by atoms with Gasteiger partial charge in [-0.25, -0.2) is 0 Å². The molecule has 2 heterocycles. The predicted octanol–water partition coefficient (Wildman–Crippen LogP) is -0.336. The van der Waals surface area contributed by atoms with Crippen molar-refractivity contribution in [3.05, 3.63) is 12.2 Å². The highest BCUT2D eigenvalue weighted by Crippen LogP contribution is 2.38. The average Bonchev–Trinajstić information content (AvgIpc) is 2.70. The van der Waals surface area contributed by atoms with E-state index in [9.17, 15) is 10.2 Å². The summed E-state index contributed by atoms with van der Waals surface area (Å²) in [5, 5.41) is 28.0. The van der Waals surface area contributed by atoms with E-state index in [1.807, 2.05) is 0 Å². The molecule has 6 nitrogen and oxygen atoms in total. The van der Waals surface area contributed by atoms with Crippen LogP contribution in [0.1, 0.15) is 13.8 Å². The van der Waals surface area contributed by atoms with Gasteiger partial charge in [-0.3, -0.25) is 0 Å². The molecular formula is C11H15NO5. The van der Waals surface area contributed by atoms with Gasteiger partial charge in [0.05, 0.1) is 6.07 Å². The lowest BCUT2D eigenvalue weighted by Crippen LogP contribution is -2.40. The number of nitriles is 1. The number of aliphatic hydroxyl groups is 2. The number of hydrogen-bond donors (Lipinski definition) is 2. The molecule has 2 aliphatic heterocycles. The van der Waals surface area contributed by atoms with Gasteiger partial charge in [-0.2, -0.15) is 5.26 Å². The maximum Gasteiger partial charge on any atom is 0.190 e. The Morgan fingerprint density at radius 1 is 1.41 bits per heavy atom. The molecule has 2 rings (SSSR count). The smallest absolute Gasteiger partial charge is 0.190 e. The zero-order chi connectivity index (χ0) is 12.6. The SMILES string of the molecule is CC1(C)O[C@H]2O[C@H]([C@H](O)/C=C/C#N)[C@H](O)[C@H]2O1. The van der Waals surface area contributed by atoms with Crippen molar-refractivity contribution in [3.8, 4) is 6.07 Å². The molecule has 2 fully saturated rings. The third-order valence-corrected chi connectivity index (χ3v) is 2.76. The van der Waals surface area contributed by atoms with E-state index < -0.39 is 36.5 Å². The van der Waals surface area contributed by atoms with Crippen molar-refractivity contribution in [3.63, 3.8) is 0 Å². The number of fused-ring (bicyclic) bond motifs is 1. The summed E-state index contributed by atoms with van der Waals surface area (Å²) >= 11 is 0. The number of nitrogens with zero attached hydrogens (tertiary/aromatic N) is 1. The summed E-state index contributed by atoms with van der Waals surface area (Å²) in [6.45, 7) is 3.45. The van der Waals surface area contributed by atoms with Gasteiger partial charge in [0, 0.05) is 6.08 Å². The molecule has 0 aromatic carbocycles. The maximum atomic E-state index is 9.95. The van der Waals surface area contributed by atoms with Gasteiger partial charge in [0.15, 0.2) is 12.1 Å². The zero-order valence-electron chi connectivity index (χ0n) is 9.61. The molecule has 0 amide bonds. The van der Waals surface area contributed by atoms with E-state index in [2.05, 4.69) is 0 Å². The molecule has 17 heavy (non-hydrogen) atoms. The van der Waals surface area contributed by atoms with Gasteiger partial charge in [-0.05, 0) is 19.9 Å². The number of aliphatic hydroxyl groups excluding tert-OH is 2. The van der Waals surface area contributed by atoms with Crippen LogP contribution in [-0.2, 0) is 14.2 Å². The molecule has 0 saturated carbocycles. The zero-order valence-corrected chi connectivity index (χ0v) is 9.61. The van der Waals surface area contributed by atoms with Crippen molar-refractivity contribution in [2.75, 3.05) is 0 Å². The van der Waals surface area contributed by atoms with Crippen LogP contribution < -0.4 is 0 Å². The molecule has 0 aromatic heterocycles. The fourth-order valence-corrected chi connectivity index (χ4v) is 2.05. The molecule has 5 atom stereocenters. The average molecular weight is 241 g/mol. The summed E-state index contributed by atoms with van der Waals surface area (Å²) in [6.07, 6.45) is -1.78. The van der Waals surface area contributed by atoms with Gasteiger partial charge in [-0.1, -0.05) is 0 Å². The number of rotatable bonds is 2. The fraction of sp³-hybridized carbons (Fsp3) is 0.727. The van der Waals surface area contributed by atoms with Gasteiger partial charge in [-0.15, -0.1) is 0 Å². The second kappa shape index (κ2) is 4.37. The molecule has 0 unspecified atom stereocenters. The minimum Gasteiger partial charge on any atom is -0.387 e. The summed E-state index contributed by atoms with van der Waals surface area (Å²) in [5.74, 6) is -0.797. The minimum absolute atomic E-state index is 0.611. The largest absolute Gasteiger partial charge is 0.387 e. The van der Waals surface area contributed by atoms with Crippen molar-refractivity contribution < 1.29 is 24.4 Å². The molecule has 94 valence electrons. The minimum atomic E-state index is -1.06. The van der Waals surface area contributed by atoms with Crippen LogP contribution in [0.5, 0.6) is 0 Å². The van der Waals surface area contributed by atoms with Crippen LogP contribution >= 0.6 is 0 Å². The lowest BCUT2D eigenvalue weighted by atomic mass is 10.1. The summed E-state index contributed by atoms with van der Waals surface area (Å²) in [7, 11) is 0. The van der Waals surface area contributed by atoms with Gasteiger partial charge in [0.2, 0.25) is 0 Å². The summed E-state index contributed by atoms with van der Waals surface area (Å²) in [5.41, 5.74) is 0. The van der Waals surface area contributed by atoms with Crippen LogP contribution in [0.15, 0.2) is 12.2 Å². The third-order valence-electron chi connectivity index (χ3n) is 2.76. The van der Waals surface area contributed by atoms with E-state index in [0.717, 1.165) is 6.08 Å². The highest BCUT2D eigenvalue weighted by atomic mass is 16.8.